The molecule has 0 fully saturated rings. The van der Waals surface area contributed by atoms with E-state index in [0.717, 1.165) is 0 Å². The van der Waals surface area contributed by atoms with Crippen LogP contribution in [0.15, 0.2) is 42.6 Å². The minimum atomic E-state index is 0.657. The van der Waals surface area contributed by atoms with Gasteiger partial charge in [-0.25, -0.2) is 4.57 Å². The smallest absolute Gasteiger partial charge is 0.212 e. The van der Waals surface area contributed by atoms with Gasteiger partial charge in [0.1, 0.15) is 7.05 Å². The van der Waals surface area contributed by atoms with Gasteiger partial charge >= 0.3 is 0 Å². The standard InChI is InChI=1S/C15H18NO/c1-12-7-8-13(11-17-3)10-14(12)15-6-4-5-9-16(15)2/h4-10H,11H2,1-3H3/q+1. The number of methoxy groups -OCH3 is 1. The Labute approximate surface area is 102 Å². The second-order valence-electron chi connectivity index (χ2n) is 4.28. The van der Waals surface area contributed by atoms with Gasteiger partial charge in [-0.05, 0) is 30.2 Å². The number of ether oxygens (including phenoxy) is 1. The van der Waals surface area contributed by atoms with Crippen LogP contribution in [0.2, 0.25) is 0 Å². The highest BCUT2D eigenvalue weighted by Gasteiger charge is 2.11. The van der Waals surface area contributed by atoms with Crippen molar-refractivity contribution < 1.29 is 9.30 Å². The fraction of sp³-hybridized carbons (Fsp3) is 0.267. The van der Waals surface area contributed by atoms with Gasteiger partial charge in [-0.15, -0.1) is 0 Å². The third-order valence-electron chi connectivity index (χ3n) is 2.94. The molecule has 0 saturated heterocycles. The minimum Gasteiger partial charge on any atom is -0.380 e. The molecule has 2 heteroatoms. The average Bonchev–Trinajstić information content (AvgIpc) is 2.33. The zero-order valence-electron chi connectivity index (χ0n) is 10.6. The van der Waals surface area contributed by atoms with E-state index in [-0.39, 0.29) is 0 Å². The number of nitrogens with zero attached hydrogens (tertiary/aromatic N) is 1. The van der Waals surface area contributed by atoms with Gasteiger partial charge in [-0.1, -0.05) is 12.1 Å². The number of rotatable bonds is 3. The summed E-state index contributed by atoms with van der Waals surface area (Å²) in [5, 5.41) is 0. The summed E-state index contributed by atoms with van der Waals surface area (Å²) in [5.41, 5.74) is 4.98. The third kappa shape index (κ3) is 2.53. The SMILES string of the molecule is COCc1ccc(C)c(-c2cccc[n+]2C)c1. The summed E-state index contributed by atoms with van der Waals surface area (Å²) in [6, 6.07) is 12.7. The molecule has 0 aliphatic rings. The summed E-state index contributed by atoms with van der Waals surface area (Å²) in [5.74, 6) is 0. The van der Waals surface area contributed by atoms with Crippen LogP contribution in [-0.2, 0) is 18.4 Å². The van der Waals surface area contributed by atoms with E-state index in [9.17, 15) is 0 Å². The van der Waals surface area contributed by atoms with Gasteiger partial charge in [-0.2, -0.15) is 0 Å². The second-order valence-corrected chi connectivity index (χ2v) is 4.28. The van der Waals surface area contributed by atoms with Crippen LogP contribution in [0, 0.1) is 6.92 Å². The molecule has 2 aromatic rings. The molecule has 0 atom stereocenters. The fourth-order valence-electron chi connectivity index (χ4n) is 2.00. The number of benzene rings is 1. The summed E-state index contributed by atoms with van der Waals surface area (Å²) in [7, 11) is 3.79. The highest BCUT2D eigenvalue weighted by Crippen LogP contribution is 2.21. The molecular formula is C15H18NO+. The van der Waals surface area contributed by atoms with Gasteiger partial charge in [0, 0.05) is 24.8 Å². The van der Waals surface area contributed by atoms with Crippen molar-refractivity contribution in [2.75, 3.05) is 7.11 Å². The molecule has 0 spiro atoms. The second kappa shape index (κ2) is 5.11. The molecule has 0 bridgehead atoms. The lowest BCUT2D eigenvalue weighted by atomic mass is 10.0. The van der Waals surface area contributed by atoms with Gasteiger partial charge in [0.25, 0.3) is 0 Å². The van der Waals surface area contributed by atoms with Crippen molar-refractivity contribution in [3.8, 4) is 11.3 Å². The molecule has 1 aromatic heterocycles. The van der Waals surface area contributed by atoms with Crippen LogP contribution < -0.4 is 4.57 Å². The largest absolute Gasteiger partial charge is 0.380 e. The van der Waals surface area contributed by atoms with Crippen LogP contribution in [0.4, 0.5) is 0 Å². The number of aryl methyl sites for hydroxylation is 2. The van der Waals surface area contributed by atoms with Crippen LogP contribution in [0.3, 0.4) is 0 Å². The first-order valence-electron chi connectivity index (χ1n) is 5.76. The molecule has 2 rings (SSSR count). The average molecular weight is 228 g/mol. The normalized spacial score (nSPS) is 10.5. The predicted octanol–water partition coefficient (Wildman–Crippen LogP) is 2.63. The van der Waals surface area contributed by atoms with E-state index in [1.807, 2.05) is 6.07 Å². The minimum absolute atomic E-state index is 0.657. The van der Waals surface area contributed by atoms with Crippen LogP contribution in [0.25, 0.3) is 11.3 Å². The Morgan fingerprint density at radius 3 is 2.71 bits per heavy atom. The lowest BCUT2D eigenvalue weighted by Crippen LogP contribution is -2.30. The molecule has 0 unspecified atom stereocenters. The Hall–Kier alpha value is -1.67. The summed E-state index contributed by atoms with van der Waals surface area (Å²) >= 11 is 0. The number of hydrogen-bond acceptors (Lipinski definition) is 1. The molecule has 0 radical (unpaired) electrons. The van der Waals surface area contributed by atoms with Crippen molar-refractivity contribution in [3.63, 3.8) is 0 Å². The Morgan fingerprint density at radius 1 is 1.18 bits per heavy atom. The molecule has 17 heavy (non-hydrogen) atoms. The summed E-state index contributed by atoms with van der Waals surface area (Å²) in [6.45, 7) is 2.79. The first-order valence-corrected chi connectivity index (χ1v) is 5.76. The number of pyridine rings is 1. The molecule has 1 aromatic carbocycles. The predicted molar refractivity (Wildman–Crippen MR) is 68.5 cm³/mol. The summed E-state index contributed by atoms with van der Waals surface area (Å²) in [4.78, 5) is 0. The van der Waals surface area contributed by atoms with E-state index in [2.05, 4.69) is 55.1 Å². The highest BCUT2D eigenvalue weighted by atomic mass is 16.5. The summed E-state index contributed by atoms with van der Waals surface area (Å²) < 4.78 is 7.32. The molecule has 1 heterocycles. The Morgan fingerprint density at radius 2 is 2.00 bits per heavy atom. The van der Waals surface area contributed by atoms with E-state index in [4.69, 9.17) is 4.74 Å². The number of hydrogen-bond donors (Lipinski definition) is 0. The van der Waals surface area contributed by atoms with Crippen molar-refractivity contribution in [1.82, 2.24) is 0 Å². The van der Waals surface area contributed by atoms with Crippen LogP contribution >= 0.6 is 0 Å². The van der Waals surface area contributed by atoms with Gasteiger partial charge in [0.15, 0.2) is 6.20 Å². The zero-order chi connectivity index (χ0) is 12.3. The fourth-order valence-corrected chi connectivity index (χ4v) is 2.00. The molecule has 2 nitrogen and oxygen atoms in total. The van der Waals surface area contributed by atoms with Crippen molar-refractivity contribution in [2.45, 2.75) is 13.5 Å². The van der Waals surface area contributed by atoms with Gasteiger partial charge in [0.05, 0.1) is 6.61 Å². The monoisotopic (exact) mass is 228 g/mol. The van der Waals surface area contributed by atoms with E-state index in [0.29, 0.717) is 6.61 Å². The van der Waals surface area contributed by atoms with E-state index < -0.39 is 0 Å². The van der Waals surface area contributed by atoms with Crippen molar-refractivity contribution in [3.05, 3.63) is 53.7 Å². The Bertz CT molecular complexity index is 520. The van der Waals surface area contributed by atoms with Gasteiger partial charge < -0.3 is 4.74 Å². The van der Waals surface area contributed by atoms with Crippen LogP contribution in [-0.4, -0.2) is 7.11 Å². The first-order chi connectivity index (χ1) is 8.22. The molecule has 0 aliphatic heterocycles. The molecule has 0 N–H and O–H groups in total. The van der Waals surface area contributed by atoms with E-state index >= 15 is 0 Å². The third-order valence-corrected chi connectivity index (χ3v) is 2.94. The lowest BCUT2D eigenvalue weighted by Gasteiger charge is -2.07. The highest BCUT2D eigenvalue weighted by molar-refractivity contribution is 5.61. The van der Waals surface area contributed by atoms with Crippen molar-refractivity contribution >= 4 is 0 Å². The molecule has 0 amide bonds. The molecule has 0 saturated carbocycles. The van der Waals surface area contributed by atoms with Crippen LogP contribution in [0.1, 0.15) is 11.1 Å². The quantitative estimate of drug-likeness (QED) is 0.736. The molecule has 0 aliphatic carbocycles. The maximum Gasteiger partial charge on any atom is 0.212 e. The van der Waals surface area contributed by atoms with E-state index in [1.54, 1.807) is 7.11 Å². The lowest BCUT2D eigenvalue weighted by molar-refractivity contribution is -0.660. The van der Waals surface area contributed by atoms with E-state index in [1.165, 1.54) is 22.4 Å². The molecule has 88 valence electrons. The Kier molecular flexibility index (Phi) is 3.55. The molecular weight excluding hydrogens is 210 g/mol. The number of aromatic nitrogens is 1. The van der Waals surface area contributed by atoms with Gasteiger partial charge in [-0.3, -0.25) is 0 Å². The Balaban J connectivity index is 2.51. The van der Waals surface area contributed by atoms with Gasteiger partial charge in [0.2, 0.25) is 5.69 Å². The van der Waals surface area contributed by atoms with Crippen molar-refractivity contribution in [1.29, 1.82) is 0 Å². The zero-order valence-corrected chi connectivity index (χ0v) is 10.6. The van der Waals surface area contributed by atoms with Crippen molar-refractivity contribution in [2.24, 2.45) is 7.05 Å². The summed E-state index contributed by atoms with van der Waals surface area (Å²) in [6.07, 6.45) is 2.07. The maximum atomic E-state index is 5.18. The topological polar surface area (TPSA) is 13.1 Å². The first kappa shape index (κ1) is 11.8. The van der Waals surface area contributed by atoms with Crippen LogP contribution in [0.5, 0.6) is 0 Å². The maximum absolute atomic E-state index is 5.18.